The van der Waals surface area contributed by atoms with Gasteiger partial charge in [-0.3, -0.25) is 4.90 Å². The summed E-state index contributed by atoms with van der Waals surface area (Å²) in [6, 6.07) is 4.66. The predicted octanol–water partition coefficient (Wildman–Crippen LogP) is 0.476. The van der Waals surface area contributed by atoms with Crippen molar-refractivity contribution < 1.29 is 14.6 Å². The quantitative estimate of drug-likeness (QED) is 0.790. The summed E-state index contributed by atoms with van der Waals surface area (Å²) in [5, 5.41) is 9.51. The molecule has 1 aromatic carbocycles. The summed E-state index contributed by atoms with van der Waals surface area (Å²) >= 11 is 0. The van der Waals surface area contributed by atoms with Gasteiger partial charge in [-0.1, -0.05) is 0 Å². The van der Waals surface area contributed by atoms with E-state index in [1.807, 2.05) is 19.1 Å². The number of benzene rings is 1. The summed E-state index contributed by atoms with van der Waals surface area (Å²) in [4.78, 5) is 4.84. The topological polar surface area (TPSA) is 71.2 Å². The van der Waals surface area contributed by atoms with Gasteiger partial charge in [-0.2, -0.15) is 0 Å². The number of hydrogen-bond donors (Lipinski definition) is 2. The van der Waals surface area contributed by atoms with Crippen LogP contribution in [0.3, 0.4) is 0 Å². The highest BCUT2D eigenvalue weighted by Crippen LogP contribution is 2.40. The molecule has 23 heavy (non-hydrogen) atoms. The van der Waals surface area contributed by atoms with Gasteiger partial charge in [0.25, 0.3) is 0 Å². The molecule has 0 bridgehead atoms. The zero-order chi connectivity index (χ0) is 16.0. The second kappa shape index (κ2) is 5.54. The molecule has 2 fully saturated rings. The van der Waals surface area contributed by atoms with Gasteiger partial charge < -0.3 is 25.2 Å². The molecule has 3 aliphatic rings. The highest BCUT2D eigenvalue weighted by atomic mass is 16.5. The van der Waals surface area contributed by atoms with Gasteiger partial charge in [-0.05, 0) is 13.0 Å². The molecule has 6 heteroatoms. The second-order valence-corrected chi connectivity index (χ2v) is 7.12. The van der Waals surface area contributed by atoms with E-state index in [1.54, 1.807) is 0 Å². The van der Waals surface area contributed by atoms with Gasteiger partial charge in [0.1, 0.15) is 11.4 Å². The van der Waals surface area contributed by atoms with Crippen LogP contribution >= 0.6 is 0 Å². The summed E-state index contributed by atoms with van der Waals surface area (Å²) in [5.41, 5.74) is 8.72. The first-order valence-corrected chi connectivity index (χ1v) is 8.37. The number of nitrogens with two attached hydrogens (primary N) is 1. The number of aliphatic hydroxyl groups excluding tert-OH is 1. The first-order valence-electron chi connectivity index (χ1n) is 8.37. The molecule has 1 atom stereocenters. The molecule has 0 aromatic heterocycles. The number of nitrogen functional groups attached to an aromatic ring is 1. The summed E-state index contributed by atoms with van der Waals surface area (Å²) < 4.78 is 11.2. The van der Waals surface area contributed by atoms with Gasteiger partial charge in [-0.25, -0.2) is 0 Å². The zero-order valence-corrected chi connectivity index (χ0v) is 13.6. The molecule has 0 saturated carbocycles. The standard InChI is InChI=1S/C17H25N3O3/c1-17(11-21)8-12-6-14(18)15(7-16(12)23-17)20-4-2-19(3-5-20)13-9-22-10-13/h6-7,13,21H,2-5,8-11,18H2,1H3. The maximum atomic E-state index is 9.51. The number of hydrogen-bond acceptors (Lipinski definition) is 6. The molecule has 3 aliphatic heterocycles. The summed E-state index contributed by atoms with van der Waals surface area (Å²) in [6.45, 7) is 7.71. The highest BCUT2D eigenvalue weighted by Gasteiger charge is 2.35. The van der Waals surface area contributed by atoms with E-state index in [2.05, 4.69) is 9.80 Å². The van der Waals surface area contributed by atoms with Crippen LogP contribution in [0.5, 0.6) is 5.75 Å². The van der Waals surface area contributed by atoms with Gasteiger partial charge in [0, 0.05) is 44.2 Å². The number of piperazine rings is 1. The summed E-state index contributed by atoms with van der Waals surface area (Å²) in [5.74, 6) is 0.862. The SMILES string of the molecule is CC1(CO)Cc2cc(N)c(N3CCN(C4COC4)CC3)cc2O1. The molecule has 4 rings (SSSR count). The van der Waals surface area contributed by atoms with Crippen molar-refractivity contribution >= 4 is 11.4 Å². The van der Waals surface area contributed by atoms with Crippen LogP contribution in [0.4, 0.5) is 11.4 Å². The Bertz CT molecular complexity index is 597. The molecule has 0 amide bonds. The van der Waals surface area contributed by atoms with Crippen LogP contribution in [-0.2, 0) is 11.2 Å². The number of ether oxygens (including phenoxy) is 2. The Balaban J connectivity index is 1.49. The number of rotatable bonds is 3. The predicted molar refractivity (Wildman–Crippen MR) is 89.1 cm³/mol. The summed E-state index contributed by atoms with van der Waals surface area (Å²) in [7, 11) is 0. The first kappa shape index (κ1) is 15.1. The molecule has 0 spiro atoms. The number of anilines is 2. The van der Waals surface area contributed by atoms with E-state index in [0.29, 0.717) is 12.5 Å². The maximum Gasteiger partial charge on any atom is 0.133 e. The monoisotopic (exact) mass is 319 g/mol. The lowest BCUT2D eigenvalue weighted by molar-refractivity contribution is -0.0660. The van der Waals surface area contributed by atoms with Crippen molar-refractivity contribution in [3.05, 3.63) is 17.7 Å². The largest absolute Gasteiger partial charge is 0.484 e. The first-order chi connectivity index (χ1) is 11.1. The molecule has 126 valence electrons. The van der Waals surface area contributed by atoms with Gasteiger partial charge in [-0.15, -0.1) is 0 Å². The van der Waals surface area contributed by atoms with E-state index >= 15 is 0 Å². The number of fused-ring (bicyclic) bond motifs is 1. The van der Waals surface area contributed by atoms with Crippen molar-refractivity contribution in [2.24, 2.45) is 0 Å². The average Bonchev–Trinajstić information content (AvgIpc) is 2.82. The molecular formula is C17H25N3O3. The van der Waals surface area contributed by atoms with E-state index in [-0.39, 0.29) is 6.61 Å². The third kappa shape index (κ3) is 2.65. The fraction of sp³-hybridized carbons (Fsp3) is 0.647. The Morgan fingerprint density at radius 3 is 2.61 bits per heavy atom. The molecule has 3 heterocycles. The molecule has 0 aliphatic carbocycles. The molecule has 3 N–H and O–H groups in total. The van der Waals surface area contributed by atoms with Crippen LogP contribution in [0.15, 0.2) is 12.1 Å². The fourth-order valence-corrected chi connectivity index (χ4v) is 3.69. The van der Waals surface area contributed by atoms with Crippen molar-refractivity contribution in [3.63, 3.8) is 0 Å². The maximum absolute atomic E-state index is 9.51. The third-order valence-corrected chi connectivity index (χ3v) is 5.26. The van der Waals surface area contributed by atoms with Crippen molar-refractivity contribution in [2.45, 2.75) is 25.0 Å². The number of nitrogens with zero attached hydrogens (tertiary/aromatic N) is 2. The van der Waals surface area contributed by atoms with E-state index in [1.165, 1.54) is 0 Å². The van der Waals surface area contributed by atoms with E-state index in [0.717, 1.165) is 62.1 Å². The van der Waals surface area contributed by atoms with E-state index in [4.69, 9.17) is 15.2 Å². The Hall–Kier alpha value is -1.50. The van der Waals surface area contributed by atoms with Crippen molar-refractivity contribution in [1.29, 1.82) is 0 Å². The lowest BCUT2D eigenvalue weighted by atomic mass is 9.99. The van der Waals surface area contributed by atoms with Crippen LogP contribution in [0, 0.1) is 0 Å². The lowest BCUT2D eigenvalue weighted by Gasteiger charge is -2.43. The van der Waals surface area contributed by atoms with Gasteiger partial charge >= 0.3 is 0 Å². The minimum Gasteiger partial charge on any atom is -0.484 e. The fourth-order valence-electron chi connectivity index (χ4n) is 3.69. The smallest absolute Gasteiger partial charge is 0.133 e. The van der Waals surface area contributed by atoms with Gasteiger partial charge in [0.05, 0.1) is 37.2 Å². The molecule has 6 nitrogen and oxygen atoms in total. The van der Waals surface area contributed by atoms with E-state index in [9.17, 15) is 5.11 Å². The van der Waals surface area contributed by atoms with Crippen LogP contribution in [0.1, 0.15) is 12.5 Å². The minimum absolute atomic E-state index is 0.0129. The second-order valence-electron chi connectivity index (χ2n) is 7.12. The van der Waals surface area contributed by atoms with Gasteiger partial charge in [0.2, 0.25) is 0 Å². The molecular weight excluding hydrogens is 294 g/mol. The van der Waals surface area contributed by atoms with Crippen LogP contribution in [0.2, 0.25) is 0 Å². The Morgan fingerprint density at radius 2 is 2.00 bits per heavy atom. The molecule has 0 radical (unpaired) electrons. The number of aliphatic hydroxyl groups is 1. The van der Waals surface area contributed by atoms with E-state index < -0.39 is 5.60 Å². The Kier molecular flexibility index (Phi) is 3.63. The zero-order valence-electron chi connectivity index (χ0n) is 13.6. The van der Waals surface area contributed by atoms with Crippen molar-refractivity contribution in [1.82, 2.24) is 4.90 Å². The normalized spacial score (nSPS) is 28.3. The molecule has 2 saturated heterocycles. The Morgan fingerprint density at radius 1 is 1.26 bits per heavy atom. The average molecular weight is 319 g/mol. The van der Waals surface area contributed by atoms with Crippen LogP contribution < -0.4 is 15.4 Å². The Labute approximate surface area is 136 Å². The third-order valence-electron chi connectivity index (χ3n) is 5.26. The van der Waals surface area contributed by atoms with Gasteiger partial charge in [0.15, 0.2) is 0 Å². The lowest BCUT2D eigenvalue weighted by Crippen LogP contribution is -2.56. The minimum atomic E-state index is -0.518. The highest BCUT2D eigenvalue weighted by molar-refractivity contribution is 5.72. The molecule has 1 unspecified atom stereocenters. The van der Waals surface area contributed by atoms with Crippen LogP contribution in [0.25, 0.3) is 0 Å². The van der Waals surface area contributed by atoms with Crippen molar-refractivity contribution in [3.8, 4) is 5.75 Å². The summed E-state index contributed by atoms with van der Waals surface area (Å²) in [6.07, 6.45) is 0.707. The van der Waals surface area contributed by atoms with Crippen molar-refractivity contribution in [2.75, 3.05) is 56.6 Å². The van der Waals surface area contributed by atoms with Crippen LogP contribution in [-0.4, -0.2) is 67.6 Å². The molecule has 1 aromatic rings.